The molecule has 3 aromatic rings. The minimum atomic E-state index is -3.12. The lowest BCUT2D eigenvalue weighted by atomic mass is 9.73. The van der Waals surface area contributed by atoms with Crippen molar-refractivity contribution in [2.75, 3.05) is 48.9 Å². The second kappa shape index (κ2) is 10.2. The lowest BCUT2D eigenvalue weighted by Gasteiger charge is -2.32. The molecule has 3 heterocycles. The normalized spacial score (nSPS) is 19.4. The number of aromatic nitrogens is 3. The third kappa shape index (κ3) is 5.04. The molecule has 2 atom stereocenters. The van der Waals surface area contributed by atoms with Gasteiger partial charge < -0.3 is 15.1 Å². The Morgan fingerprint density at radius 1 is 1.10 bits per heavy atom. The summed E-state index contributed by atoms with van der Waals surface area (Å²) in [5.41, 5.74) is 1.12. The SMILES string of the molecule is C[C@@H](c1ccc(Cl)cc1)n1nnc2c1NC(=O)C[C@]21C(=O)N(CCN(C)CCS(C)(=O)=O)c2ccc(Cl)cc21. The zero-order valence-corrected chi connectivity index (χ0v) is 24.0. The van der Waals surface area contributed by atoms with Crippen LogP contribution in [0.5, 0.6) is 0 Å². The second-order valence-electron chi connectivity index (χ2n) is 10.1. The molecule has 0 fully saturated rings. The van der Waals surface area contributed by atoms with Crippen molar-refractivity contribution in [1.29, 1.82) is 0 Å². The van der Waals surface area contributed by atoms with Gasteiger partial charge in [-0.15, -0.1) is 5.10 Å². The molecule has 0 bridgehead atoms. The Morgan fingerprint density at radius 2 is 1.79 bits per heavy atom. The summed E-state index contributed by atoms with van der Waals surface area (Å²) in [5.74, 6) is -0.245. The monoisotopic (exact) mass is 590 g/mol. The van der Waals surface area contributed by atoms with Gasteiger partial charge in [-0.2, -0.15) is 0 Å². The van der Waals surface area contributed by atoms with Gasteiger partial charge in [0.25, 0.3) is 0 Å². The first-order valence-electron chi connectivity index (χ1n) is 12.4. The molecule has 1 spiro atoms. The maximum absolute atomic E-state index is 14.3. The van der Waals surface area contributed by atoms with Gasteiger partial charge in [0.05, 0.1) is 18.2 Å². The molecule has 0 aliphatic carbocycles. The Morgan fingerprint density at radius 3 is 2.49 bits per heavy atom. The average molecular weight is 592 g/mol. The smallest absolute Gasteiger partial charge is 0.244 e. The van der Waals surface area contributed by atoms with Gasteiger partial charge in [0.1, 0.15) is 20.9 Å². The summed E-state index contributed by atoms with van der Waals surface area (Å²) >= 11 is 12.5. The summed E-state index contributed by atoms with van der Waals surface area (Å²) < 4.78 is 24.8. The standard InChI is InChI=1S/C26H28Cl2N6O4S/c1-16(17-4-6-18(27)7-5-17)34-24-23(30-31-34)26(15-22(35)29-24)20-14-19(28)8-9-21(20)33(25(26)36)11-10-32(2)12-13-39(3,37)38/h4-9,14,16H,10-13,15H2,1-3H3,(H,29,35)/t16-,26+/m0/s1. The lowest BCUT2D eigenvalue weighted by molar-refractivity contribution is -0.126. The van der Waals surface area contributed by atoms with Crippen molar-refractivity contribution in [3.05, 3.63) is 69.3 Å². The summed E-state index contributed by atoms with van der Waals surface area (Å²) in [5, 5.41) is 12.8. The van der Waals surface area contributed by atoms with Gasteiger partial charge in [-0.25, -0.2) is 13.1 Å². The molecule has 13 heteroatoms. The molecule has 0 radical (unpaired) electrons. The molecule has 2 aliphatic heterocycles. The molecule has 0 saturated heterocycles. The van der Waals surface area contributed by atoms with Crippen LogP contribution in [0.15, 0.2) is 42.5 Å². The van der Waals surface area contributed by atoms with E-state index in [1.54, 1.807) is 47.0 Å². The molecule has 206 valence electrons. The van der Waals surface area contributed by atoms with Gasteiger partial charge in [-0.05, 0) is 55.4 Å². The molecule has 2 aliphatic rings. The Labute approximate surface area is 236 Å². The van der Waals surface area contributed by atoms with Crippen LogP contribution in [0.25, 0.3) is 0 Å². The number of anilines is 2. The highest BCUT2D eigenvalue weighted by molar-refractivity contribution is 7.90. The highest BCUT2D eigenvalue weighted by atomic mass is 35.5. The molecular formula is C26H28Cl2N6O4S. The molecule has 5 rings (SSSR count). The minimum absolute atomic E-state index is 0.0199. The molecule has 2 aromatic carbocycles. The number of hydrogen-bond acceptors (Lipinski definition) is 7. The van der Waals surface area contributed by atoms with E-state index in [0.29, 0.717) is 52.4 Å². The summed E-state index contributed by atoms with van der Waals surface area (Å²) in [6, 6.07) is 12.2. The van der Waals surface area contributed by atoms with Gasteiger partial charge >= 0.3 is 0 Å². The van der Waals surface area contributed by atoms with Crippen molar-refractivity contribution in [3.8, 4) is 0 Å². The van der Waals surface area contributed by atoms with Crippen molar-refractivity contribution < 1.29 is 18.0 Å². The van der Waals surface area contributed by atoms with E-state index < -0.39 is 15.3 Å². The molecule has 0 saturated carbocycles. The first-order valence-corrected chi connectivity index (χ1v) is 15.2. The van der Waals surface area contributed by atoms with E-state index in [4.69, 9.17) is 23.2 Å². The predicted molar refractivity (Wildman–Crippen MR) is 150 cm³/mol. The van der Waals surface area contributed by atoms with E-state index in [9.17, 15) is 18.0 Å². The second-order valence-corrected chi connectivity index (χ2v) is 13.3. The van der Waals surface area contributed by atoms with E-state index in [2.05, 4.69) is 15.6 Å². The topological polar surface area (TPSA) is 117 Å². The quantitative estimate of drug-likeness (QED) is 0.428. The van der Waals surface area contributed by atoms with E-state index in [1.165, 1.54) is 6.26 Å². The van der Waals surface area contributed by atoms with Crippen LogP contribution in [0.3, 0.4) is 0 Å². The number of halogens is 2. The molecule has 2 amide bonds. The highest BCUT2D eigenvalue weighted by Crippen LogP contribution is 2.52. The predicted octanol–water partition coefficient (Wildman–Crippen LogP) is 3.15. The molecule has 1 N–H and O–H groups in total. The largest absolute Gasteiger partial charge is 0.310 e. The summed E-state index contributed by atoms with van der Waals surface area (Å²) in [6.07, 6.45) is 1.06. The van der Waals surface area contributed by atoms with Crippen LogP contribution in [-0.4, -0.2) is 78.8 Å². The number of likely N-dealkylation sites (N-methyl/N-ethyl adjacent to an activating group) is 1. The van der Waals surface area contributed by atoms with Crippen LogP contribution < -0.4 is 10.2 Å². The van der Waals surface area contributed by atoms with E-state index in [0.717, 1.165) is 5.56 Å². The summed E-state index contributed by atoms with van der Waals surface area (Å²) in [4.78, 5) is 30.9. The van der Waals surface area contributed by atoms with Crippen molar-refractivity contribution in [3.63, 3.8) is 0 Å². The number of benzene rings is 2. The first-order chi connectivity index (χ1) is 18.4. The number of hydrogen-bond donors (Lipinski definition) is 1. The van der Waals surface area contributed by atoms with Gasteiger partial charge in [0, 0.05) is 41.6 Å². The number of sulfone groups is 1. The Balaban J connectivity index is 1.53. The van der Waals surface area contributed by atoms with Crippen LogP contribution in [0.2, 0.25) is 10.0 Å². The van der Waals surface area contributed by atoms with Crippen molar-refractivity contribution in [2.45, 2.75) is 24.8 Å². The maximum atomic E-state index is 14.3. The molecule has 0 unspecified atom stereocenters. The fourth-order valence-electron chi connectivity index (χ4n) is 5.22. The highest BCUT2D eigenvalue weighted by Gasteiger charge is 2.58. The number of rotatable bonds is 8. The third-order valence-electron chi connectivity index (χ3n) is 7.37. The van der Waals surface area contributed by atoms with Crippen LogP contribution in [0, 0.1) is 0 Å². The van der Waals surface area contributed by atoms with Crippen molar-refractivity contribution >= 4 is 56.4 Å². The lowest BCUT2D eigenvalue weighted by Crippen LogP contribution is -2.48. The van der Waals surface area contributed by atoms with Gasteiger partial charge in [0.15, 0.2) is 5.82 Å². The number of nitrogens with zero attached hydrogens (tertiary/aromatic N) is 5. The Hall–Kier alpha value is -2.99. The van der Waals surface area contributed by atoms with E-state index >= 15 is 0 Å². The third-order valence-corrected chi connectivity index (χ3v) is 8.78. The van der Waals surface area contributed by atoms with Crippen molar-refractivity contribution in [2.24, 2.45) is 0 Å². The zero-order valence-electron chi connectivity index (χ0n) is 21.7. The summed E-state index contributed by atoms with van der Waals surface area (Å²) in [7, 11) is -1.31. The zero-order chi connectivity index (χ0) is 28.1. The Kier molecular flexibility index (Phi) is 7.21. The number of nitrogens with one attached hydrogen (secondary N) is 1. The molecule has 10 nitrogen and oxygen atoms in total. The average Bonchev–Trinajstić information content (AvgIpc) is 3.39. The van der Waals surface area contributed by atoms with Crippen LogP contribution >= 0.6 is 23.2 Å². The number of carbonyl (C=O) groups excluding carboxylic acids is 2. The van der Waals surface area contributed by atoms with Crippen LogP contribution in [-0.2, 0) is 24.8 Å². The van der Waals surface area contributed by atoms with Gasteiger partial charge in [-0.3, -0.25) is 9.59 Å². The van der Waals surface area contributed by atoms with Crippen molar-refractivity contribution in [1.82, 2.24) is 19.9 Å². The van der Waals surface area contributed by atoms with E-state index in [-0.39, 0.29) is 30.0 Å². The number of amides is 2. The fourth-order valence-corrected chi connectivity index (χ4v) is 6.16. The van der Waals surface area contributed by atoms with Gasteiger partial charge in [0.2, 0.25) is 11.8 Å². The van der Waals surface area contributed by atoms with E-state index in [1.807, 2.05) is 24.0 Å². The molecule has 1 aromatic heterocycles. The Bertz CT molecular complexity index is 1560. The number of fused-ring (bicyclic) bond motifs is 4. The molecule has 39 heavy (non-hydrogen) atoms. The fraction of sp³-hybridized carbons (Fsp3) is 0.385. The minimum Gasteiger partial charge on any atom is -0.310 e. The van der Waals surface area contributed by atoms with Gasteiger partial charge in [-0.1, -0.05) is 40.5 Å². The molecular weight excluding hydrogens is 563 g/mol. The summed E-state index contributed by atoms with van der Waals surface area (Å²) in [6.45, 7) is 2.98. The number of carbonyl (C=O) groups is 2. The van der Waals surface area contributed by atoms with Crippen LogP contribution in [0.4, 0.5) is 11.5 Å². The van der Waals surface area contributed by atoms with Crippen LogP contribution in [0.1, 0.15) is 36.2 Å². The maximum Gasteiger partial charge on any atom is 0.244 e. The first kappa shape index (κ1) is 27.6.